The van der Waals surface area contributed by atoms with Crippen LogP contribution in [0.4, 0.5) is 10.5 Å². The van der Waals surface area contributed by atoms with Crippen LogP contribution in [0.15, 0.2) is 53.8 Å². The molecule has 1 unspecified atom stereocenters. The maximum Gasteiger partial charge on any atom is 0.321 e. The van der Waals surface area contributed by atoms with Crippen LogP contribution < -0.4 is 10.6 Å². The molecule has 1 aromatic heterocycles. The summed E-state index contributed by atoms with van der Waals surface area (Å²) < 4.78 is 0. The van der Waals surface area contributed by atoms with Crippen molar-refractivity contribution in [2.24, 2.45) is 4.99 Å². The van der Waals surface area contributed by atoms with Crippen LogP contribution in [0, 0.1) is 10.1 Å². The lowest BCUT2D eigenvalue weighted by Gasteiger charge is -2.06. The third-order valence-corrected chi connectivity index (χ3v) is 4.53. The molecular weight excluding hydrogens is 342 g/mol. The van der Waals surface area contributed by atoms with Crippen molar-refractivity contribution < 1.29 is 9.72 Å². The highest BCUT2D eigenvalue weighted by Crippen LogP contribution is 2.28. The fourth-order valence-corrected chi connectivity index (χ4v) is 3.21. The number of nitrogens with one attached hydrogen (secondary N) is 2. The number of thioether (sulfide) groups is 1. The van der Waals surface area contributed by atoms with Gasteiger partial charge in [-0.2, -0.15) is 0 Å². The number of hydrogen-bond donors (Lipinski definition) is 2. The molecule has 0 bridgehead atoms. The first kappa shape index (κ1) is 16.9. The predicted octanol–water partition coefficient (Wildman–Crippen LogP) is 2.63. The number of aromatic nitrogens is 1. The molecule has 0 spiro atoms. The predicted molar refractivity (Wildman–Crippen MR) is 95.3 cm³/mol. The molecule has 1 aromatic carbocycles. The number of carbonyl (C=O) groups excluding carboxylic acids is 1. The molecule has 0 saturated carbocycles. The number of aliphatic imine (C=N–C) groups is 1. The van der Waals surface area contributed by atoms with Crippen molar-refractivity contribution in [2.75, 3.05) is 5.75 Å². The molecule has 9 heteroatoms. The maximum absolute atomic E-state index is 12.0. The van der Waals surface area contributed by atoms with Crippen molar-refractivity contribution >= 4 is 28.6 Å². The van der Waals surface area contributed by atoms with Gasteiger partial charge in [0.1, 0.15) is 0 Å². The quantitative estimate of drug-likeness (QED) is 0.646. The summed E-state index contributed by atoms with van der Waals surface area (Å²) in [4.78, 5) is 30.6. The topological polar surface area (TPSA) is 110 Å². The Kier molecular flexibility index (Phi) is 5.24. The Morgan fingerprint density at radius 3 is 2.64 bits per heavy atom. The molecule has 3 rings (SSSR count). The van der Waals surface area contributed by atoms with E-state index in [1.54, 1.807) is 24.5 Å². The van der Waals surface area contributed by atoms with Crippen LogP contribution in [0.2, 0.25) is 0 Å². The summed E-state index contributed by atoms with van der Waals surface area (Å²) in [6, 6.07) is 9.51. The van der Waals surface area contributed by atoms with E-state index in [0.717, 1.165) is 16.9 Å². The Bertz CT molecular complexity index is 795. The standard InChI is InChI=1S/C16H15N5O3S/c22-15(18-9-11-1-3-13(4-2-11)21(23)24)20-16-19-14(10-25-16)12-5-7-17-8-6-12/h1-8,14H,9-10H2,(H2,18,19,20,22). The number of amides is 2. The van der Waals surface area contributed by atoms with E-state index >= 15 is 0 Å². The summed E-state index contributed by atoms with van der Waals surface area (Å²) >= 11 is 1.48. The first-order valence-corrected chi connectivity index (χ1v) is 8.49. The van der Waals surface area contributed by atoms with Gasteiger partial charge in [0, 0.05) is 36.8 Å². The van der Waals surface area contributed by atoms with Crippen LogP contribution in [0.1, 0.15) is 17.2 Å². The minimum atomic E-state index is -0.460. The number of non-ortho nitro benzene ring substituents is 1. The summed E-state index contributed by atoms with van der Waals surface area (Å²) in [5.74, 6) is 0.766. The second-order valence-electron chi connectivity index (χ2n) is 5.27. The Morgan fingerprint density at radius 2 is 1.96 bits per heavy atom. The number of rotatable bonds is 4. The largest absolute Gasteiger partial charge is 0.334 e. The van der Waals surface area contributed by atoms with Crippen molar-refractivity contribution in [3.63, 3.8) is 0 Å². The van der Waals surface area contributed by atoms with Gasteiger partial charge in [0.2, 0.25) is 0 Å². The molecule has 1 aliphatic heterocycles. The third kappa shape index (κ3) is 4.54. The minimum absolute atomic E-state index is 0.0120. The van der Waals surface area contributed by atoms with Crippen molar-refractivity contribution in [3.8, 4) is 0 Å². The van der Waals surface area contributed by atoms with E-state index in [1.165, 1.54) is 23.9 Å². The lowest BCUT2D eigenvalue weighted by molar-refractivity contribution is -0.384. The monoisotopic (exact) mass is 357 g/mol. The normalized spacial score (nSPS) is 16.2. The number of nitro groups is 1. The maximum atomic E-state index is 12.0. The molecule has 2 aromatic rings. The van der Waals surface area contributed by atoms with Gasteiger partial charge in [-0.1, -0.05) is 23.9 Å². The highest BCUT2D eigenvalue weighted by Gasteiger charge is 2.21. The van der Waals surface area contributed by atoms with Gasteiger partial charge in [0.05, 0.1) is 11.0 Å². The van der Waals surface area contributed by atoms with Crippen LogP contribution in [0.25, 0.3) is 0 Å². The van der Waals surface area contributed by atoms with E-state index in [0.29, 0.717) is 5.17 Å². The highest BCUT2D eigenvalue weighted by molar-refractivity contribution is 8.14. The summed E-state index contributed by atoms with van der Waals surface area (Å²) in [6.45, 7) is 0.273. The van der Waals surface area contributed by atoms with E-state index < -0.39 is 4.92 Å². The molecule has 8 nitrogen and oxygen atoms in total. The van der Waals surface area contributed by atoms with Gasteiger partial charge in [-0.25, -0.2) is 4.79 Å². The number of benzene rings is 1. The number of urea groups is 1. The summed E-state index contributed by atoms with van der Waals surface area (Å²) in [5, 5.41) is 16.6. The molecule has 1 aliphatic rings. The van der Waals surface area contributed by atoms with Crippen LogP contribution >= 0.6 is 11.8 Å². The smallest absolute Gasteiger partial charge is 0.321 e. The summed E-state index contributed by atoms with van der Waals surface area (Å²) in [5.41, 5.74) is 1.86. The third-order valence-electron chi connectivity index (χ3n) is 3.56. The number of pyridine rings is 1. The van der Waals surface area contributed by atoms with E-state index in [4.69, 9.17) is 0 Å². The second kappa shape index (κ2) is 7.75. The Hall–Kier alpha value is -2.94. The van der Waals surface area contributed by atoms with Crippen LogP contribution in [0.5, 0.6) is 0 Å². The number of nitrogens with zero attached hydrogens (tertiary/aromatic N) is 3. The summed E-state index contributed by atoms with van der Waals surface area (Å²) in [7, 11) is 0. The molecule has 25 heavy (non-hydrogen) atoms. The Labute approximate surface area is 147 Å². The van der Waals surface area contributed by atoms with Gasteiger partial charge in [-0.05, 0) is 23.3 Å². The minimum Gasteiger partial charge on any atom is -0.334 e. The zero-order valence-electron chi connectivity index (χ0n) is 13.1. The van der Waals surface area contributed by atoms with Gasteiger partial charge in [0.25, 0.3) is 5.69 Å². The average molecular weight is 357 g/mol. The van der Waals surface area contributed by atoms with Crippen LogP contribution in [0.3, 0.4) is 0 Å². The van der Waals surface area contributed by atoms with Gasteiger partial charge in [-0.3, -0.25) is 25.4 Å². The Morgan fingerprint density at radius 1 is 1.24 bits per heavy atom. The van der Waals surface area contributed by atoms with Crippen molar-refractivity contribution in [3.05, 3.63) is 70.0 Å². The molecule has 2 heterocycles. The number of carbonyl (C=O) groups is 1. The van der Waals surface area contributed by atoms with Crippen molar-refractivity contribution in [2.45, 2.75) is 12.6 Å². The molecule has 128 valence electrons. The summed E-state index contributed by atoms with van der Waals surface area (Å²) in [6.07, 6.45) is 3.44. The van der Waals surface area contributed by atoms with Gasteiger partial charge >= 0.3 is 6.03 Å². The van der Waals surface area contributed by atoms with Gasteiger partial charge in [-0.15, -0.1) is 0 Å². The number of amidine groups is 1. The molecule has 0 aliphatic carbocycles. The fourth-order valence-electron chi connectivity index (χ4n) is 2.26. The fraction of sp³-hybridized carbons (Fsp3) is 0.188. The van der Waals surface area contributed by atoms with Crippen molar-refractivity contribution in [1.29, 1.82) is 0 Å². The van der Waals surface area contributed by atoms with Gasteiger partial charge in [0.15, 0.2) is 5.17 Å². The van der Waals surface area contributed by atoms with Crippen molar-refractivity contribution in [1.82, 2.24) is 15.6 Å². The van der Waals surface area contributed by atoms with Gasteiger partial charge < -0.3 is 5.32 Å². The highest BCUT2D eigenvalue weighted by atomic mass is 32.2. The molecule has 0 fully saturated rings. The number of nitro benzene ring substituents is 1. The molecule has 2 N–H and O–H groups in total. The van der Waals surface area contributed by atoms with E-state index in [-0.39, 0.29) is 24.3 Å². The van der Waals surface area contributed by atoms with Crippen LogP contribution in [-0.4, -0.2) is 26.9 Å². The molecule has 0 saturated heterocycles. The molecule has 1 atom stereocenters. The SMILES string of the molecule is O=C(NCc1ccc([N+](=O)[O-])cc1)NC1=NC(c2ccncc2)CS1. The lowest BCUT2D eigenvalue weighted by atomic mass is 10.1. The second-order valence-corrected chi connectivity index (χ2v) is 6.28. The average Bonchev–Trinajstić information content (AvgIpc) is 3.09. The molecule has 0 radical (unpaired) electrons. The van der Waals surface area contributed by atoms with Crippen LogP contribution in [-0.2, 0) is 6.54 Å². The first-order chi connectivity index (χ1) is 12.1. The first-order valence-electron chi connectivity index (χ1n) is 7.50. The number of hydrogen-bond acceptors (Lipinski definition) is 6. The molecule has 2 amide bonds. The molecular formula is C16H15N5O3S. The van der Waals surface area contributed by atoms with E-state index in [9.17, 15) is 14.9 Å². The zero-order chi connectivity index (χ0) is 17.6. The lowest BCUT2D eigenvalue weighted by Crippen LogP contribution is -2.37. The zero-order valence-corrected chi connectivity index (χ0v) is 13.9. The van der Waals surface area contributed by atoms with E-state index in [1.807, 2.05) is 12.1 Å². The van der Waals surface area contributed by atoms with E-state index in [2.05, 4.69) is 20.6 Å². The Balaban J connectivity index is 1.50.